The van der Waals surface area contributed by atoms with Gasteiger partial charge in [-0.25, -0.2) is 13.2 Å². The van der Waals surface area contributed by atoms with Gasteiger partial charge >= 0.3 is 0 Å². The molecule has 150 valence electrons. The van der Waals surface area contributed by atoms with E-state index in [0.29, 0.717) is 32.1 Å². The number of carbonyl (C=O) groups excluding carboxylic acids is 1. The summed E-state index contributed by atoms with van der Waals surface area (Å²) in [5, 5.41) is 10.6. The molecule has 0 spiro atoms. The smallest absolute Gasteiger partial charge is 0.257 e. The van der Waals surface area contributed by atoms with Gasteiger partial charge in [0.25, 0.3) is 5.91 Å². The molecule has 5 nitrogen and oxygen atoms in total. The van der Waals surface area contributed by atoms with Crippen molar-refractivity contribution in [2.75, 3.05) is 31.1 Å². The van der Waals surface area contributed by atoms with Crippen LogP contribution in [-0.4, -0.2) is 47.2 Å². The highest BCUT2D eigenvalue weighted by Gasteiger charge is 2.28. The number of aromatic nitrogens is 2. The van der Waals surface area contributed by atoms with Crippen LogP contribution in [0.5, 0.6) is 0 Å². The fourth-order valence-corrected chi connectivity index (χ4v) is 4.90. The van der Waals surface area contributed by atoms with Crippen molar-refractivity contribution >= 4 is 22.4 Å². The summed E-state index contributed by atoms with van der Waals surface area (Å²) in [6, 6.07) is 1.76. The van der Waals surface area contributed by atoms with Gasteiger partial charge in [-0.1, -0.05) is 30.6 Å². The van der Waals surface area contributed by atoms with Gasteiger partial charge in [-0.05, 0) is 25.0 Å². The normalized spacial score (nSPS) is 18.5. The monoisotopic (exact) mass is 410 g/mol. The summed E-state index contributed by atoms with van der Waals surface area (Å²) in [4.78, 5) is 16.0. The highest BCUT2D eigenvalue weighted by atomic mass is 32.1. The van der Waals surface area contributed by atoms with E-state index in [2.05, 4.69) is 15.1 Å². The number of carbonyl (C=O) groups is 1. The number of benzene rings is 1. The predicted molar refractivity (Wildman–Crippen MR) is 100 cm³/mol. The Morgan fingerprint density at radius 1 is 0.964 bits per heavy atom. The second-order valence-electron chi connectivity index (χ2n) is 7.26. The molecule has 28 heavy (non-hydrogen) atoms. The summed E-state index contributed by atoms with van der Waals surface area (Å²) >= 11 is 1.61. The van der Waals surface area contributed by atoms with Gasteiger partial charge in [-0.2, -0.15) is 0 Å². The Kier molecular flexibility index (Phi) is 5.52. The van der Waals surface area contributed by atoms with Crippen LogP contribution in [0.3, 0.4) is 0 Å². The predicted octanol–water partition coefficient (Wildman–Crippen LogP) is 3.97. The van der Waals surface area contributed by atoms with Gasteiger partial charge in [0, 0.05) is 32.1 Å². The topological polar surface area (TPSA) is 49.3 Å². The number of nitrogens with zero attached hydrogens (tertiary/aromatic N) is 4. The molecule has 2 aliphatic rings. The van der Waals surface area contributed by atoms with Crippen LogP contribution in [0.25, 0.3) is 0 Å². The number of halogens is 3. The molecule has 1 aliphatic heterocycles. The average Bonchev–Trinajstić information content (AvgIpc) is 3.23. The van der Waals surface area contributed by atoms with Crippen molar-refractivity contribution in [2.45, 2.75) is 38.0 Å². The lowest BCUT2D eigenvalue weighted by atomic mass is 9.90. The van der Waals surface area contributed by atoms with E-state index >= 15 is 0 Å². The molecule has 0 radical (unpaired) electrons. The van der Waals surface area contributed by atoms with Gasteiger partial charge in [0.1, 0.15) is 5.01 Å². The lowest BCUT2D eigenvalue weighted by Crippen LogP contribution is -2.49. The Labute approximate surface area is 165 Å². The number of anilines is 1. The fraction of sp³-hybridized carbons (Fsp3) is 0.526. The van der Waals surface area contributed by atoms with E-state index in [-0.39, 0.29) is 0 Å². The first kappa shape index (κ1) is 19.2. The number of amides is 1. The average molecular weight is 410 g/mol. The van der Waals surface area contributed by atoms with Gasteiger partial charge < -0.3 is 9.80 Å². The van der Waals surface area contributed by atoms with Crippen LogP contribution < -0.4 is 4.90 Å². The maximum atomic E-state index is 13.9. The second-order valence-corrected chi connectivity index (χ2v) is 8.25. The van der Waals surface area contributed by atoms with Crippen LogP contribution in [0.1, 0.15) is 53.4 Å². The summed E-state index contributed by atoms with van der Waals surface area (Å²) in [6.45, 7) is 1.79. The molecule has 0 N–H and O–H groups in total. The molecule has 2 heterocycles. The first-order valence-electron chi connectivity index (χ1n) is 9.55. The Bertz CT molecular complexity index is 861. The van der Waals surface area contributed by atoms with Crippen LogP contribution in [0, 0.1) is 17.5 Å². The van der Waals surface area contributed by atoms with E-state index in [1.165, 1.54) is 24.2 Å². The molecule has 9 heteroatoms. The van der Waals surface area contributed by atoms with Crippen molar-refractivity contribution in [1.82, 2.24) is 15.1 Å². The van der Waals surface area contributed by atoms with Gasteiger partial charge in [0.05, 0.1) is 5.56 Å². The quantitative estimate of drug-likeness (QED) is 0.719. The zero-order chi connectivity index (χ0) is 19.7. The first-order chi connectivity index (χ1) is 13.5. The first-order valence-corrected chi connectivity index (χ1v) is 10.4. The summed E-state index contributed by atoms with van der Waals surface area (Å²) in [7, 11) is 0. The number of hydrogen-bond acceptors (Lipinski definition) is 5. The zero-order valence-corrected chi connectivity index (χ0v) is 16.2. The number of piperazine rings is 1. The highest BCUT2D eigenvalue weighted by molar-refractivity contribution is 7.15. The Morgan fingerprint density at radius 2 is 1.68 bits per heavy atom. The molecule has 1 aromatic heterocycles. The van der Waals surface area contributed by atoms with E-state index in [1.807, 2.05) is 0 Å². The molecule has 0 bridgehead atoms. The third-order valence-corrected chi connectivity index (χ3v) is 6.63. The van der Waals surface area contributed by atoms with E-state index in [0.717, 1.165) is 35.1 Å². The standard InChI is InChI=1S/C19H21F3N4OS/c20-14-7-6-13(15(21)16(14)22)18(27)25-8-10-26(11-9-25)19-24-23-17(28-19)12-4-2-1-3-5-12/h6-7,12H,1-5,8-11H2. The van der Waals surface area contributed by atoms with E-state index in [9.17, 15) is 18.0 Å². The lowest BCUT2D eigenvalue weighted by molar-refractivity contribution is 0.0740. The van der Waals surface area contributed by atoms with Gasteiger partial charge in [-0.3, -0.25) is 4.79 Å². The summed E-state index contributed by atoms with van der Waals surface area (Å²) in [5.74, 6) is -4.48. The Balaban J connectivity index is 1.39. The molecule has 1 aliphatic carbocycles. The van der Waals surface area contributed by atoms with Crippen LogP contribution in [0.4, 0.5) is 18.3 Å². The molecule has 1 amide bonds. The lowest BCUT2D eigenvalue weighted by Gasteiger charge is -2.34. The van der Waals surface area contributed by atoms with Crippen LogP contribution in [-0.2, 0) is 0 Å². The molecule has 2 fully saturated rings. The minimum atomic E-state index is -1.62. The van der Waals surface area contributed by atoms with Crippen molar-refractivity contribution in [3.8, 4) is 0 Å². The summed E-state index contributed by atoms with van der Waals surface area (Å²) in [6.07, 6.45) is 6.09. The zero-order valence-electron chi connectivity index (χ0n) is 15.3. The Morgan fingerprint density at radius 3 is 2.39 bits per heavy atom. The van der Waals surface area contributed by atoms with Gasteiger partial charge in [-0.15, -0.1) is 10.2 Å². The molecular weight excluding hydrogens is 389 g/mol. The van der Waals surface area contributed by atoms with Crippen LogP contribution >= 0.6 is 11.3 Å². The molecule has 1 saturated heterocycles. The van der Waals surface area contributed by atoms with Gasteiger partial charge in [0.2, 0.25) is 5.13 Å². The van der Waals surface area contributed by atoms with E-state index in [1.54, 1.807) is 11.3 Å². The van der Waals surface area contributed by atoms with Gasteiger partial charge in [0.15, 0.2) is 17.5 Å². The van der Waals surface area contributed by atoms with Crippen molar-refractivity contribution < 1.29 is 18.0 Å². The SMILES string of the molecule is O=C(c1ccc(F)c(F)c1F)N1CCN(c2nnc(C3CCCCC3)s2)CC1. The van der Waals surface area contributed by atoms with Crippen molar-refractivity contribution in [1.29, 1.82) is 0 Å². The molecule has 1 saturated carbocycles. The van der Waals surface area contributed by atoms with E-state index in [4.69, 9.17) is 0 Å². The molecule has 0 unspecified atom stereocenters. The Hall–Kier alpha value is -2.16. The minimum Gasteiger partial charge on any atom is -0.343 e. The third kappa shape index (κ3) is 3.72. The maximum Gasteiger partial charge on any atom is 0.257 e. The van der Waals surface area contributed by atoms with Crippen molar-refractivity contribution in [3.05, 3.63) is 40.2 Å². The van der Waals surface area contributed by atoms with E-state index < -0.39 is 28.9 Å². The fourth-order valence-electron chi connectivity index (χ4n) is 3.83. The largest absolute Gasteiger partial charge is 0.343 e. The number of rotatable bonds is 3. The second kappa shape index (κ2) is 8.06. The maximum absolute atomic E-state index is 13.9. The summed E-state index contributed by atoms with van der Waals surface area (Å²) in [5.41, 5.74) is -0.442. The molecule has 0 atom stereocenters. The highest BCUT2D eigenvalue weighted by Crippen LogP contribution is 2.36. The van der Waals surface area contributed by atoms with Crippen molar-refractivity contribution in [2.24, 2.45) is 0 Å². The third-order valence-electron chi connectivity index (χ3n) is 5.49. The van der Waals surface area contributed by atoms with Crippen LogP contribution in [0.2, 0.25) is 0 Å². The number of hydrogen-bond donors (Lipinski definition) is 0. The van der Waals surface area contributed by atoms with Crippen LogP contribution in [0.15, 0.2) is 12.1 Å². The molecule has 4 rings (SSSR count). The molecule has 1 aromatic carbocycles. The van der Waals surface area contributed by atoms with Crippen molar-refractivity contribution in [3.63, 3.8) is 0 Å². The molecule has 2 aromatic rings. The minimum absolute atomic E-state index is 0.357. The molecular formula is C19H21F3N4OS. The summed E-state index contributed by atoms with van der Waals surface area (Å²) < 4.78 is 40.4.